The highest BCUT2D eigenvalue weighted by atomic mass is 16.5. The molecule has 0 bridgehead atoms. The van der Waals surface area contributed by atoms with Crippen LogP contribution in [0.3, 0.4) is 0 Å². The van der Waals surface area contributed by atoms with Crippen LogP contribution in [0.5, 0.6) is 0 Å². The fourth-order valence-corrected chi connectivity index (χ4v) is 1.61. The molecule has 0 aliphatic heterocycles. The van der Waals surface area contributed by atoms with Crippen molar-refractivity contribution in [1.82, 2.24) is 0 Å². The molecule has 0 aliphatic carbocycles. The predicted molar refractivity (Wildman–Crippen MR) is 60.3 cm³/mol. The fraction of sp³-hybridized carbons (Fsp3) is 0.538. The molecule has 0 heterocycles. The predicted octanol–water partition coefficient (Wildman–Crippen LogP) is 3.42. The van der Waals surface area contributed by atoms with E-state index >= 15 is 0 Å². The molecule has 0 spiro atoms. The molecule has 14 heavy (non-hydrogen) atoms. The van der Waals surface area contributed by atoms with E-state index in [1.807, 2.05) is 0 Å². The van der Waals surface area contributed by atoms with E-state index in [-0.39, 0.29) is 0 Å². The highest BCUT2D eigenvalue weighted by Crippen LogP contribution is 2.21. The Kier molecular flexibility index (Phi) is 3.70. The van der Waals surface area contributed by atoms with Crippen LogP contribution in [0.15, 0.2) is 24.3 Å². The molecule has 0 atom stereocenters. The van der Waals surface area contributed by atoms with Crippen LogP contribution in [0.1, 0.15) is 31.9 Å². The van der Waals surface area contributed by atoms with Crippen LogP contribution in [-0.2, 0) is 17.8 Å². The first kappa shape index (κ1) is 11.3. The minimum Gasteiger partial charge on any atom is -0.380 e. The van der Waals surface area contributed by atoms with Gasteiger partial charge in [-0.2, -0.15) is 0 Å². The molecule has 0 unspecified atom stereocenters. The van der Waals surface area contributed by atoms with Crippen molar-refractivity contribution in [2.45, 2.75) is 33.8 Å². The molecular weight excluding hydrogens is 172 g/mol. The van der Waals surface area contributed by atoms with Crippen molar-refractivity contribution < 1.29 is 4.74 Å². The largest absolute Gasteiger partial charge is 0.380 e. The number of methoxy groups -OCH3 is 1. The van der Waals surface area contributed by atoms with Crippen LogP contribution >= 0.6 is 0 Å². The molecule has 1 rings (SSSR count). The van der Waals surface area contributed by atoms with Gasteiger partial charge in [-0.05, 0) is 23.0 Å². The van der Waals surface area contributed by atoms with E-state index < -0.39 is 0 Å². The monoisotopic (exact) mass is 192 g/mol. The van der Waals surface area contributed by atoms with Gasteiger partial charge in [-0.3, -0.25) is 0 Å². The van der Waals surface area contributed by atoms with E-state index in [1.54, 1.807) is 7.11 Å². The van der Waals surface area contributed by atoms with Crippen molar-refractivity contribution in [2.24, 2.45) is 5.41 Å². The summed E-state index contributed by atoms with van der Waals surface area (Å²) in [6.45, 7) is 7.49. The third kappa shape index (κ3) is 3.93. The Bertz CT molecular complexity index is 284. The third-order valence-corrected chi connectivity index (χ3v) is 2.04. The van der Waals surface area contributed by atoms with E-state index in [2.05, 4.69) is 45.0 Å². The van der Waals surface area contributed by atoms with Crippen molar-refractivity contribution >= 4 is 0 Å². The lowest BCUT2D eigenvalue weighted by molar-refractivity contribution is 0.185. The van der Waals surface area contributed by atoms with Crippen molar-refractivity contribution in [3.8, 4) is 0 Å². The number of hydrogen-bond donors (Lipinski definition) is 0. The van der Waals surface area contributed by atoms with Gasteiger partial charge in [-0.1, -0.05) is 45.0 Å². The molecule has 0 aliphatic rings. The molecule has 0 fully saturated rings. The summed E-state index contributed by atoms with van der Waals surface area (Å²) in [6.07, 6.45) is 1.12. The molecule has 1 heteroatoms. The first-order valence-corrected chi connectivity index (χ1v) is 5.08. The van der Waals surface area contributed by atoms with Crippen molar-refractivity contribution in [2.75, 3.05) is 7.11 Å². The number of hydrogen-bond acceptors (Lipinski definition) is 1. The smallest absolute Gasteiger partial charge is 0.0713 e. The second-order valence-electron chi connectivity index (χ2n) is 4.99. The second kappa shape index (κ2) is 4.61. The van der Waals surface area contributed by atoms with Gasteiger partial charge in [0, 0.05) is 7.11 Å². The summed E-state index contributed by atoms with van der Waals surface area (Å²) in [5.74, 6) is 0. The quantitative estimate of drug-likeness (QED) is 0.713. The van der Waals surface area contributed by atoms with Gasteiger partial charge in [-0.25, -0.2) is 0 Å². The van der Waals surface area contributed by atoms with Gasteiger partial charge < -0.3 is 4.74 Å². The maximum Gasteiger partial charge on any atom is 0.0713 e. The summed E-state index contributed by atoms with van der Waals surface area (Å²) in [6, 6.07) is 8.63. The van der Waals surface area contributed by atoms with E-state index in [4.69, 9.17) is 4.74 Å². The molecule has 0 saturated heterocycles. The fourth-order valence-electron chi connectivity index (χ4n) is 1.61. The Labute approximate surface area is 87.1 Å². The van der Waals surface area contributed by atoms with Gasteiger partial charge in [0.2, 0.25) is 0 Å². The summed E-state index contributed by atoms with van der Waals surface area (Å²) in [5.41, 5.74) is 3.01. The number of benzene rings is 1. The molecule has 0 N–H and O–H groups in total. The third-order valence-electron chi connectivity index (χ3n) is 2.04. The lowest BCUT2D eigenvalue weighted by atomic mass is 9.88. The van der Waals surface area contributed by atoms with Crippen molar-refractivity contribution in [3.05, 3.63) is 35.4 Å². The molecule has 0 radical (unpaired) electrons. The Morgan fingerprint density at radius 2 is 1.79 bits per heavy atom. The molecular formula is C13H20O. The van der Waals surface area contributed by atoms with Gasteiger partial charge in [0.05, 0.1) is 6.61 Å². The zero-order chi connectivity index (χ0) is 10.6. The van der Waals surface area contributed by atoms with Crippen LogP contribution in [0.2, 0.25) is 0 Å². The molecule has 1 nitrogen and oxygen atoms in total. The molecule has 0 saturated carbocycles. The Morgan fingerprint density at radius 3 is 2.36 bits per heavy atom. The SMILES string of the molecule is COCc1cccc(CC(C)(C)C)c1. The van der Waals surface area contributed by atoms with Crippen molar-refractivity contribution in [1.29, 1.82) is 0 Å². The van der Waals surface area contributed by atoms with E-state index in [9.17, 15) is 0 Å². The molecule has 1 aromatic carbocycles. The van der Waals surface area contributed by atoms with Crippen molar-refractivity contribution in [3.63, 3.8) is 0 Å². The number of ether oxygens (including phenoxy) is 1. The van der Waals surface area contributed by atoms with Crippen LogP contribution in [0, 0.1) is 5.41 Å². The zero-order valence-corrected chi connectivity index (χ0v) is 9.63. The van der Waals surface area contributed by atoms with Gasteiger partial charge >= 0.3 is 0 Å². The summed E-state index contributed by atoms with van der Waals surface area (Å²) in [4.78, 5) is 0. The summed E-state index contributed by atoms with van der Waals surface area (Å²) in [7, 11) is 1.73. The minimum absolute atomic E-state index is 0.353. The van der Waals surface area contributed by atoms with E-state index in [0.29, 0.717) is 12.0 Å². The normalized spacial score (nSPS) is 11.7. The highest BCUT2D eigenvalue weighted by Gasteiger charge is 2.11. The first-order chi connectivity index (χ1) is 6.51. The summed E-state index contributed by atoms with van der Waals surface area (Å²) >= 11 is 0. The zero-order valence-electron chi connectivity index (χ0n) is 9.63. The maximum atomic E-state index is 5.11. The minimum atomic E-state index is 0.353. The van der Waals surface area contributed by atoms with Gasteiger partial charge in [-0.15, -0.1) is 0 Å². The number of rotatable bonds is 3. The highest BCUT2D eigenvalue weighted by molar-refractivity contribution is 5.23. The van der Waals surface area contributed by atoms with Crippen LogP contribution in [0.25, 0.3) is 0 Å². The van der Waals surface area contributed by atoms with Gasteiger partial charge in [0.1, 0.15) is 0 Å². The molecule has 0 amide bonds. The lowest BCUT2D eigenvalue weighted by Crippen LogP contribution is -2.09. The van der Waals surface area contributed by atoms with Crippen LogP contribution in [-0.4, -0.2) is 7.11 Å². The summed E-state index contributed by atoms with van der Waals surface area (Å²) in [5, 5.41) is 0. The van der Waals surface area contributed by atoms with Crippen LogP contribution in [0.4, 0.5) is 0 Å². The van der Waals surface area contributed by atoms with Gasteiger partial charge in [0.25, 0.3) is 0 Å². The average molecular weight is 192 g/mol. The van der Waals surface area contributed by atoms with E-state index in [0.717, 1.165) is 6.42 Å². The summed E-state index contributed by atoms with van der Waals surface area (Å²) < 4.78 is 5.11. The lowest BCUT2D eigenvalue weighted by Gasteiger charge is -2.18. The molecule has 0 aromatic heterocycles. The topological polar surface area (TPSA) is 9.23 Å². The average Bonchev–Trinajstić information content (AvgIpc) is 2.02. The first-order valence-electron chi connectivity index (χ1n) is 5.08. The van der Waals surface area contributed by atoms with E-state index in [1.165, 1.54) is 11.1 Å². The molecule has 78 valence electrons. The Balaban J connectivity index is 2.73. The van der Waals surface area contributed by atoms with Crippen LogP contribution < -0.4 is 0 Å². The second-order valence-corrected chi connectivity index (χ2v) is 4.99. The standard InChI is InChI=1S/C13H20O/c1-13(2,3)9-11-6-5-7-12(8-11)10-14-4/h5-8H,9-10H2,1-4H3. The van der Waals surface area contributed by atoms with Gasteiger partial charge in [0.15, 0.2) is 0 Å². The Hall–Kier alpha value is -0.820. The maximum absolute atomic E-state index is 5.11. The Morgan fingerprint density at radius 1 is 1.14 bits per heavy atom. The molecule has 1 aromatic rings.